The van der Waals surface area contributed by atoms with Crippen LogP contribution in [0.3, 0.4) is 0 Å². The molecule has 0 spiro atoms. The van der Waals surface area contributed by atoms with Crippen molar-refractivity contribution < 1.29 is 9.47 Å². The zero-order chi connectivity index (χ0) is 17.5. The first-order chi connectivity index (χ1) is 11.8. The van der Waals surface area contributed by atoms with Crippen molar-refractivity contribution in [3.05, 3.63) is 12.2 Å². The molecule has 1 aliphatic heterocycles. The zero-order valence-corrected chi connectivity index (χ0v) is 19.5. The molecular weight excluding hydrogens is 403 g/mol. The van der Waals surface area contributed by atoms with Gasteiger partial charge in [0.2, 0.25) is 0 Å². The molecule has 0 aromatic carbocycles. The Morgan fingerprint density at radius 1 is 0.917 bits per heavy atom. The van der Waals surface area contributed by atoms with Gasteiger partial charge in [-0.15, -0.1) is 0 Å². The quantitative estimate of drug-likeness (QED) is 0.213. The van der Waals surface area contributed by atoms with Crippen LogP contribution in [0.4, 0.5) is 0 Å². The van der Waals surface area contributed by atoms with Gasteiger partial charge in [0.15, 0.2) is 0 Å². The second-order valence-corrected chi connectivity index (χ2v) is 21.6. The molecule has 0 bridgehead atoms. The van der Waals surface area contributed by atoms with Gasteiger partial charge in [0.05, 0.1) is 0 Å². The SMILES string of the molecule is CCC[CH2][Sn]([CH2]/C=C/COC1CCCCO1)([CH2]CCC)[CH2]CCC. The molecule has 0 aromatic rings. The molecule has 0 amide bonds. The summed E-state index contributed by atoms with van der Waals surface area (Å²) < 4.78 is 17.7. The van der Waals surface area contributed by atoms with Gasteiger partial charge in [-0.2, -0.15) is 0 Å². The van der Waals surface area contributed by atoms with E-state index < -0.39 is 18.4 Å². The third kappa shape index (κ3) is 9.82. The molecule has 0 N–H and O–H groups in total. The predicted molar refractivity (Wildman–Crippen MR) is 108 cm³/mol. The normalized spacial score (nSPS) is 19.2. The van der Waals surface area contributed by atoms with Crippen LogP contribution in [0.2, 0.25) is 17.7 Å². The van der Waals surface area contributed by atoms with Crippen LogP contribution in [0.15, 0.2) is 12.2 Å². The van der Waals surface area contributed by atoms with Gasteiger partial charge in [-0.25, -0.2) is 0 Å². The van der Waals surface area contributed by atoms with Crippen molar-refractivity contribution in [3.63, 3.8) is 0 Å². The van der Waals surface area contributed by atoms with Gasteiger partial charge in [-0.3, -0.25) is 0 Å². The predicted octanol–water partition coefficient (Wildman–Crippen LogP) is 6.93. The Labute approximate surface area is 155 Å². The summed E-state index contributed by atoms with van der Waals surface area (Å²) in [5.41, 5.74) is 0. The Balaban J connectivity index is 2.45. The fraction of sp³-hybridized carbons (Fsp3) is 0.905. The van der Waals surface area contributed by atoms with E-state index in [0.717, 1.165) is 19.6 Å². The number of hydrogen-bond acceptors (Lipinski definition) is 2. The van der Waals surface area contributed by atoms with Crippen LogP contribution in [0.25, 0.3) is 0 Å². The van der Waals surface area contributed by atoms with E-state index >= 15 is 0 Å². The van der Waals surface area contributed by atoms with Crippen molar-refractivity contribution in [1.82, 2.24) is 0 Å². The molecule has 0 radical (unpaired) electrons. The van der Waals surface area contributed by atoms with Crippen molar-refractivity contribution in [1.29, 1.82) is 0 Å². The minimum absolute atomic E-state index is 0.0527. The van der Waals surface area contributed by atoms with E-state index in [1.54, 1.807) is 13.3 Å². The van der Waals surface area contributed by atoms with Crippen molar-refractivity contribution in [3.8, 4) is 0 Å². The van der Waals surface area contributed by atoms with Gasteiger partial charge in [-0.05, 0) is 0 Å². The molecule has 0 aromatic heterocycles. The zero-order valence-electron chi connectivity index (χ0n) is 16.7. The second-order valence-electron chi connectivity index (χ2n) is 7.62. The van der Waals surface area contributed by atoms with E-state index in [1.807, 2.05) is 0 Å². The second kappa shape index (κ2) is 14.6. The summed E-state index contributed by atoms with van der Waals surface area (Å²) in [6.07, 6.45) is 16.8. The van der Waals surface area contributed by atoms with Gasteiger partial charge >= 0.3 is 156 Å². The molecule has 0 saturated carbocycles. The van der Waals surface area contributed by atoms with Crippen LogP contribution in [-0.2, 0) is 9.47 Å². The Morgan fingerprint density at radius 3 is 2.04 bits per heavy atom. The molecule has 3 heteroatoms. The average Bonchev–Trinajstić information content (AvgIpc) is 2.63. The number of rotatable bonds is 14. The van der Waals surface area contributed by atoms with Crippen LogP contribution in [0.1, 0.15) is 78.6 Å². The average molecular weight is 445 g/mol. The Hall–Kier alpha value is 0.459. The van der Waals surface area contributed by atoms with Crippen molar-refractivity contribution >= 4 is 18.4 Å². The summed E-state index contributed by atoms with van der Waals surface area (Å²) in [4.78, 5) is 0. The fourth-order valence-electron chi connectivity index (χ4n) is 3.74. The number of hydrogen-bond donors (Lipinski definition) is 0. The fourth-order valence-corrected chi connectivity index (χ4v) is 19.0. The third-order valence-corrected chi connectivity index (χ3v) is 20.7. The van der Waals surface area contributed by atoms with Crippen LogP contribution in [-0.4, -0.2) is 37.9 Å². The Morgan fingerprint density at radius 2 is 1.54 bits per heavy atom. The third-order valence-electron chi connectivity index (χ3n) is 5.42. The number of ether oxygens (including phenoxy) is 2. The summed E-state index contributed by atoms with van der Waals surface area (Å²) in [6.45, 7) is 8.67. The van der Waals surface area contributed by atoms with Gasteiger partial charge in [0.1, 0.15) is 0 Å². The van der Waals surface area contributed by atoms with Crippen LogP contribution in [0.5, 0.6) is 0 Å². The van der Waals surface area contributed by atoms with E-state index in [1.165, 1.54) is 55.8 Å². The molecule has 1 fully saturated rings. The van der Waals surface area contributed by atoms with E-state index in [9.17, 15) is 0 Å². The molecule has 24 heavy (non-hydrogen) atoms. The summed E-state index contributed by atoms with van der Waals surface area (Å²) in [5.74, 6) is 0. The number of unbranched alkanes of at least 4 members (excludes halogenated alkanes) is 3. The van der Waals surface area contributed by atoms with Gasteiger partial charge in [0.25, 0.3) is 0 Å². The number of allylic oxidation sites excluding steroid dienone is 1. The van der Waals surface area contributed by atoms with Gasteiger partial charge in [-0.1, -0.05) is 0 Å². The summed E-state index contributed by atoms with van der Waals surface area (Å²) in [7, 11) is 0. The van der Waals surface area contributed by atoms with Crippen molar-refractivity contribution in [2.75, 3.05) is 13.2 Å². The van der Waals surface area contributed by atoms with Gasteiger partial charge < -0.3 is 0 Å². The summed E-state index contributed by atoms with van der Waals surface area (Å²) in [5, 5.41) is 0. The molecular formula is C21H42O2Sn. The molecule has 1 saturated heterocycles. The van der Waals surface area contributed by atoms with E-state index in [0.29, 0.717) is 0 Å². The minimum atomic E-state index is -1.97. The molecule has 142 valence electrons. The van der Waals surface area contributed by atoms with Crippen LogP contribution < -0.4 is 0 Å². The first-order valence-electron chi connectivity index (χ1n) is 10.6. The van der Waals surface area contributed by atoms with Crippen LogP contribution >= 0.6 is 0 Å². The van der Waals surface area contributed by atoms with E-state index in [2.05, 4.69) is 32.9 Å². The first-order valence-corrected chi connectivity index (χ1v) is 18.7. The molecule has 1 heterocycles. The van der Waals surface area contributed by atoms with Crippen molar-refractivity contribution in [2.24, 2.45) is 0 Å². The molecule has 2 nitrogen and oxygen atoms in total. The molecule has 1 aliphatic rings. The standard InChI is InChI=1S/C9H15O2.3C4H9.Sn/c1-2-3-7-10-9-6-4-5-8-11-9;3*1-3-4-2;/h2-3,9H,1,4-8H2;3*1,3-4H2,2H3;/b3-2+;;;;. The Kier molecular flexibility index (Phi) is 13.7. The maximum absolute atomic E-state index is 5.86. The van der Waals surface area contributed by atoms with Gasteiger partial charge in [0, 0.05) is 0 Å². The van der Waals surface area contributed by atoms with E-state index in [4.69, 9.17) is 9.47 Å². The molecule has 1 unspecified atom stereocenters. The molecule has 1 rings (SSSR count). The van der Waals surface area contributed by atoms with Crippen LogP contribution in [0, 0.1) is 0 Å². The summed E-state index contributed by atoms with van der Waals surface area (Å²) in [6, 6.07) is 0. The summed E-state index contributed by atoms with van der Waals surface area (Å²) >= 11 is -1.97. The monoisotopic (exact) mass is 446 g/mol. The van der Waals surface area contributed by atoms with E-state index in [-0.39, 0.29) is 6.29 Å². The topological polar surface area (TPSA) is 18.5 Å². The van der Waals surface area contributed by atoms with Crippen molar-refractivity contribution in [2.45, 2.75) is 103 Å². The maximum atomic E-state index is 5.86. The molecule has 1 atom stereocenters. The Bertz CT molecular complexity index is 289. The first kappa shape index (κ1) is 22.5. The molecule has 0 aliphatic carbocycles.